The number of hydrogen-bond donors (Lipinski definition) is 1. The molecule has 0 aromatic rings. The first-order valence-electron chi connectivity index (χ1n) is 5.97. The molecule has 0 bridgehead atoms. The Bertz CT molecular complexity index is 229. The Morgan fingerprint density at radius 3 is 2.38 bits per heavy atom. The molecule has 1 rings (SSSR count). The van der Waals surface area contributed by atoms with Gasteiger partial charge in [-0.1, -0.05) is 0 Å². The maximum Gasteiger partial charge on any atom is 0.304 e. The third kappa shape index (κ3) is 4.10. The van der Waals surface area contributed by atoms with E-state index in [1.165, 1.54) is 0 Å². The molecule has 1 aliphatic heterocycles. The number of nitrogens with zero attached hydrogens (tertiary/aromatic N) is 1. The van der Waals surface area contributed by atoms with Gasteiger partial charge < -0.3 is 9.84 Å². The van der Waals surface area contributed by atoms with Crippen molar-refractivity contribution in [2.24, 2.45) is 0 Å². The predicted octanol–water partition coefficient (Wildman–Crippen LogP) is 1.74. The average molecular weight is 229 g/mol. The Kier molecular flexibility index (Phi) is 4.74. The maximum absolute atomic E-state index is 10.7. The van der Waals surface area contributed by atoms with Crippen LogP contribution in [0.1, 0.15) is 40.0 Å². The van der Waals surface area contributed by atoms with E-state index in [4.69, 9.17) is 9.84 Å². The van der Waals surface area contributed by atoms with Crippen LogP contribution in [0.5, 0.6) is 0 Å². The lowest BCUT2D eigenvalue weighted by Crippen LogP contribution is -2.50. The van der Waals surface area contributed by atoms with Crippen molar-refractivity contribution in [1.82, 2.24) is 4.90 Å². The standard InChI is InChI=1S/C12H23NO3/c1-12(2,3)13(7-4-11(14)15)10-5-8-16-9-6-10/h10H,4-9H2,1-3H3,(H,14,15). The summed E-state index contributed by atoms with van der Waals surface area (Å²) in [5, 5.41) is 8.78. The van der Waals surface area contributed by atoms with Gasteiger partial charge in [0, 0.05) is 31.3 Å². The lowest BCUT2D eigenvalue weighted by molar-refractivity contribution is -0.138. The van der Waals surface area contributed by atoms with Gasteiger partial charge in [0.25, 0.3) is 0 Å². The summed E-state index contributed by atoms with van der Waals surface area (Å²) in [4.78, 5) is 13.0. The van der Waals surface area contributed by atoms with Crippen LogP contribution in [0.3, 0.4) is 0 Å². The molecule has 0 aliphatic carbocycles. The van der Waals surface area contributed by atoms with E-state index in [0.717, 1.165) is 26.1 Å². The van der Waals surface area contributed by atoms with Gasteiger partial charge in [0.05, 0.1) is 6.42 Å². The topological polar surface area (TPSA) is 49.8 Å². The molecule has 0 spiro atoms. The molecule has 1 aliphatic rings. The summed E-state index contributed by atoms with van der Waals surface area (Å²) in [6.45, 7) is 8.65. The first-order chi connectivity index (χ1) is 7.41. The molecular weight excluding hydrogens is 206 g/mol. The van der Waals surface area contributed by atoms with Crippen LogP contribution in [0, 0.1) is 0 Å². The minimum Gasteiger partial charge on any atom is -0.481 e. The highest BCUT2D eigenvalue weighted by atomic mass is 16.5. The van der Waals surface area contributed by atoms with E-state index >= 15 is 0 Å². The minimum atomic E-state index is -0.721. The third-order valence-electron chi connectivity index (χ3n) is 3.06. The molecule has 1 heterocycles. The van der Waals surface area contributed by atoms with Crippen molar-refractivity contribution in [2.45, 2.75) is 51.6 Å². The molecule has 0 aromatic heterocycles. The summed E-state index contributed by atoms with van der Waals surface area (Å²) in [6, 6.07) is 0.466. The predicted molar refractivity (Wildman–Crippen MR) is 62.6 cm³/mol. The second-order valence-electron chi connectivity index (χ2n) is 5.35. The number of carboxylic acid groups (broad SMARTS) is 1. The van der Waals surface area contributed by atoms with Crippen molar-refractivity contribution in [3.63, 3.8) is 0 Å². The largest absolute Gasteiger partial charge is 0.481 e. The van der Waals surface area contributed by atoms with E-state index in [1.54, 1.807) is 0 Å². The molecule has 1 saturated heterocycles. The fourth-order valence-electron chi connectivity index (χ4n) is 2.28. The Labute approximate surface area is 97.6 Å². The Morgan fingerprint density at radius 1 is 1.38 bits per heavy atom. The fraction of sp³-hybridized carbons (Fsp3) is 0.917. The number of aliphatic carboxylic acids is 1. The zero-order chi connectivity index (χ0) is 12.2. The second-order valence-corrected chi connectivity index (χ2v) is 5.35. The smallest absolute Gasteiger partial charge is 0.304 e. The van der Waals surface area contributed by atoms with Gasteiger partial charge in [-0.25, -0.2) is 0 Å². The fourth-order valence-corrected chi connectivity index (χ4v) is 2.28. The molecule has 0 aromatic carbocycles. The summed E-state index contributed by atoms with van der Waals surface area (Å²) in [7, 11) is 0. The van der Waals surface area contributed by atoms with Gasteiger partial charge in [-0.2, -0.15) is 0 Å². The molecule has 16 heavy (non-hydrogen) atoms. The Morgan fingerprint density at radius 2 is 1.94 bits per heavy atom. The van der Waals surface area contributed by atoms with Crippen LogP contribution in [-0.2, 0) is 9.53 Å². The van der Waals surface area contributed by atoms with Gasteiger partial charge in [-0.3, -0.25) is 9.69 Å². The molecule has 4 heteroatoms. The Balaban J connectivity index is 2.58. The minimum absolute atomic E-state index is 0.0253. The highest BCUT2D eigenvalue weighted by molar-refractivity contribution is 5.66. The first-order valence-corrected chi connectivity index (χ1v) is 5.97. The van der Waals surface area contributed by atoms with E-state index < -0.39 is 5.97 Å². The van der Waals surface area contributed by atoms with E-state index in [-0.39, 0.29) is 12.0 Å². The van der Waals surface area contributed by atoms with Crippen molar-refractivity contribution in [2.75, 3.05) is 19.8 Å². The molecule has 0 amide bonds. The molecule has 94 valence electrons. The normalized spacial score (nSPS) is 19.0. The molecule has 0 unspecified atom stereocenters. The monoisotopic (exact) mass is 229 g/mol. The summed E-state index contributed by atoms with van der Waals surface area (Å²) in [5.74, 6) is -0.721. The number of carboxylic acids is 1. The van der Waals surface area contributed by atoms with Crippen LogP contribution in [0.4, 0.5) is 0 Å². The number of rotatable bonds is 4. The summed E-state index contributed by atoms with van der Waals surface area (Å²) < 4.78 is 5.35. The molecule has 0 atom stereocenters. The highest BCUT2D eigenvalue weighted by Crippen LogP contribution is 2.23. The first kappa shape index (κ1) is 13.5. The zero-order valence-corrected chi connectivity index (χ0v) is 10.5. The van der Waals surface area contributed by atoms with Gasteiger partial charge in [0.2, 0.25) is 0 Å². The van der Waals surface area contributed by atoms with Gasteiger partial charge in [0.1, 0.15) is 0 Å². The van der Waals surface area contributed by atoms with E-state index in [1.807, 2.05) is 0 Å². The summed E-state index contributed by atoms with van der Waals surface area (Å²) in [5.41, 5.74) is 0.0253. The van der Waals surface area contributed by atoms with Crippen LogP contribution >= 0.6 is 0 Å². The van der Waals surface area contributed by atoms with Crippen LogP contribution < -0.4 is 0 Å². The molecule has 1 N–H and O–H groups in total. The van der Waals surface area contributed by atoms with E-state index in [2.05, 4.69) is 25.7 Å². The molecule has 0 saturated carbocycles. The molecule has 1 fully saturated rings. The summed E-state index contributed by atoms with van der Waals surface area (Å²) >= 11 is 0. The second kappa shape index (κ2) is 5.64. The van der Waals surface area contributed by atoms with Crippen LogP contribution in [0.2, 0.25) is 0 Å². The lowest BCUT2D eigenvalue weighted by Gasteiger charge is -2.43. The van der Waals surface area contributed by atoms with Gasteiger partial charge in [-0.05, 0) is 33.6 Å². The third-order valence-corrected chi connectivity index (χ3v) is 3.06. The van der Waals surface area contributed by atoms with Gasteiger partial charge >= 0.3 is 5.97 Å². The van der Waals surface area contributed by atoms with E-state index in [0.29, 0.717) is 12.6 Å². The number of hydrogen-bond acceptors (Lipinski definition) is 3. The van der Waals surface area contributed by atoms with Crippen molar-refractivity contribution >= 4 is 5.97 Å². The van der Waals surface area contributed by atoms with Crippen LogP contribution in [0.25, 0.3) is 0 Å². The van der Waals surface area contributed by atoms with E-state index in [9.17, 15) is 4.79 Å². The maximum atomic E-state index is 10.7. The van der Waals surface area contributed by atoms with Gasteiger partial charge in [-0.15, -0.1) is 0 Å². The van der Waals surface area contributed by atoms with Crippen LogP contribution in [-0.4, -0.2) is 47.3 Å². The van der Waals surface area contributed by atoms with Crippen molar-refractivity contribution in [1.29, 1.82) is 0 Å². The number of carbonyl (C=O) groups is 1. The summed E-state index contributed by atoms with van der Waals surface area (Å²) in [6.07, 6.45) is 2.24. The molecular formula is C12H23NO3. The van der Waals surface area contributed by atoms with Crippen LogP contribution in [0.15, 0.2) is 0 Å². The Hall–Kier alpha value is -0.610. The zero-order valence-electron chi connectivity index (χ0n) is 10.5. The number of ether oxygens (including phenoxy) is 1. The van der Waals surface area contributed by atoms with Crippen molar-refractivity contribution in [3.8, 4) is 0 Å². The quantitative estimate of drug-likeness (QED) is 0.797. The molecule has 0 radical (unpaired) electrons. The highest BCUT2D eigenvalue weighted by Gasteiger charge is 2.30. The van der Waals surface area contributed by atoms with Crippen molar-refractivity contribution in [3.05, 3.63) is 0 Å². The SMILES string of the molecule is CC(C)(C)N(CCC(=O)O)C1CCOCC1. The molecule has 4 nitrogen and oxygen atoms in total. The van der Waals surface area contributed by atoms with Gasteiger partial charge in [0.15, 0.2) is 0 Å². The average Bonchev–Trinajstić information content (AvgIpc) is 2.17. The van der Waals surface area contributed by atoms with Crippen molar-refractivity contribution < 1.29 is 14.6 Å². The lowest BCUT2D eigenvalue weighted by atomic mass is 9.98.